The van der Waals surface area contributed by atoms with Gasteiger partial charge in [0.15, 0.2) is 0 Å². The lowest BCUT2D eigenvalue weighted by atomic mass is 9.88. The second kappa shape index (κ2) is 3.59. The van der Waals surface area contributed by atoms with E-state index in [9.17, 15) is 4.79 Å². The van der Waals surface area contributed by atoms with Gasteiger partial charge in [0.25, 0.3) is 0 Å². The van der Waals surface area contributed by atoms with Crippen molar-refractivity contribution in [2.45, 2.75) is 37.5 Å². The summed E-state index contributed by atoms with van der Waals surface area (Å²) in [5.74, 6) is 1.27. The maximum absolute atomic E-state index is 11.5. The number of ether oxygens (including phenoxy) is 2. The van der Waals surface area contributed by atoms with Crippen molar-refractivity contribution in [2.75, 3.05) is 6.61 Å². The van der Waals surface area contributed by atoms with Crippen LogP contribution in [0.4, 0.5) is 0 Å². The van der Waals surface area contributed by atoms with Crippen molar-refractivity contribution in [3.63, 3.8) is 0 Å². The fourth-order valence-electron chi connectivity index (χ4n) is 3.42. The summed E-state index contributed by atoms with van der Waals surface area (Å²) in [6.07, 6.45) is 3.43. The first-order valence-electron chi connectivity index (χ1n) is 5.78. The van der Waals surface area contributed by atoms with Gasteiger partial charge in [-0.15, -0.1) is 0 Å². The minimum absolute atomic E-state index is 0.0266. The Morgan fingerprint density at radius 3 is 3.13 bits per heavy atom. The molecule has 3 aliphatic rings. The minimum Gasteiger partial charge on any atom is -0.459 e. The minimum atomic E-state index is 0.0266. The summed E-state index contributed by atoms with van der Waals surface area (Å²) in [5.41, 5.74) is 0. The molecule has 0 amide bonds. The molecule has 5 unspecified atom stereocenters. The molecule has 1 saturated heterocycles. The van der Waals surface area contributed by atoms with E-state index in [1.807, 2.05) is 0 Å². The SMILES string of the molecule is O=C1OC2C3CC(CC13)C2OCCC[Si]. The van der Waals surface area contributed by atoms with Gasteiger partial charge >= 0.3 is 5.97 Å². The van der Waals surface area contributed by atoms with E-state index in [0.717, 1.165) is 31.9 Å². The van der Waals surface area contributed by atoms with Crippen LogP contribution in [0.5, 0.6) is 0 Å². The summed E-state index contributed by atoms with van der Waals surface area (Å²) in [5, 5.41) is 0. The van der Waals surface area contributed by atoms with Crippen molar-refractivity contribution >= 4 is 16.2 Å². The molecule has 1 aliphatic heterocycles. The summed E-state index contributed by atoms with van der Waals surface area (Å²) < 4.78 is 11.3. The molecule has 0 aromatic heterocycles. The van der Waals surface area contributed by atoms with Crippen LogP contribution in [-0.4, -0.2) is 35.0 Å². The van der Waals surface area contributed by atoms with Crippen LogP contribution in [0.25, 0.3) is 0 Å². The fraction of sp³-hybridized carbons (Fsp3) is 0.909. The zero-order valence-electron chi connectivity index (χ0n) is 8.65. The van der Waals surface area contributed by atoms with Crippen LogP contribution in [0, 0.1) is 17.8 Å². The molecule has 2 aliphatic carbocycles. The van der Waals surface area contributed by atoms with E-state index in [1.54, 1.807) is 0 Å². The van der Waals surface area contributed by atoms with Gasteiger partial charge in [0.05, 0.1) is 12.0 Å². The van der Waals surface area contributed by atoms with Crippen molar-refractivity contribution in [3.8, 4) is 0 Å². The molecule has 0 N–H and O–H groups in total. The Morgan fingerprint density at radius 1 is 1.47 bits per heavy atom. The third-order valence-corrected chi connectivity index (χ3v) is 4.40. The van der Waals surface area contributed by atoms with E-state index in [0.29, 0.717) is 11.8 Å². The highest BCUT2D eigenvalue weighted by atomic mass is 28.1. The van der Waals surface area contributed by atoms with E-state index in [-0.39, 0.29) is 24.1 Å². The normalized spacial score (nSPS) is 46.2. The molecule has 3 nitrogen and oxygen atoms in total. The molecule has 1 heterocycles. The Labute approximate surface area is 92.9 Å². The molecule has 3 rings (SSSR count). The monoisotopic (exact) mass is 223 g/mol. The zero-order valence-corrected chi connectivity index (χ0v) is 9.65. The average molecular weight is 223 g/mol. The molecule has 3 radical (unpaired) electrons. The lowest BCUT2D eigenvalue weighted by Gasteiger charge is -2.25. The number of rotatable bonds is 4. The van der Waals surface area contributed by atoms with E-state index in [2.05, 4.69) is 10.2 Å². The van der Waals surface area contributed by atoms with Crippen LogP contribution in [0.1, 0.15) is 19.3 Å². The number of hydrogen-bond acceptors (Lipinski definition) is 3. The van der Waals surface area contributed by atoms with E-state index in [4.69, 9.17) is 9.47 Å². The van der Waals surface area contributed by atoms with Gasteiger partial charge in [0, 0.05) is 22.8 Å². The maximum Gasteiger partial charge on any atom is 0.309 e. The van der Waals surface area contributed by atoms with Crippen molar-refractivity contribution in [1.82, 2.24) is 0 Å². The molecule has 15 heavy (non-hydrogen) atoms. The third kappa shape index (κ3) is 1.38. The highest BCUT2D eigenvalue weighted by Crippen LogP contribution is 2.55. The van der Waals surface area contributed by atoms with Gasteiger partial charge < -0.3 is 9.47 Å². The lowest BCUT2D eigenvalue weighted by Crippen LogP contribution is -2.34. The third-order valence-electron chi connectivity index (χ3n) is 4.05. The van der Waals surface area contributed by atoms with Gasteiger partial charge in [-0.2, -0.15) is 0 Å². The first-order valence-corrected chi connectivity index (χ1v) is 6.48. The van der Waals surface area contributed by atoms with Gasteiger partial charge in [-0.25, -0.2) is 0 Å². The van der Waals surface area contributed by atoms with Crippen LogP contribution in [-0.2, 0) is 14.3 Å². The van der Waals surface area contributed by atoms with Crippen molar-refractivity contribution < 1.29 is 14.3 Å². The number of carbonyl (C=O) groups is 1. The fourth-order valence-corrected chi connectivity index (χ4v) is 3.57. The van der Waals surface area contributed by atoms with Crippen molar-refractivity contribution in [1.29, 1.82) is 0 Å². The van der Waals surface area contributed by atoms with Crippen LogP contribution < -0.4 is 0 Å². The van der Waals surface area contributed by atoms with Gasteiger partial charge in [0.2, 0.25) is 0 Å². The molecular formula is C11H15O3Si. The zero-order chi connectivity index (χ0) is 10.4. The number of hydrogen-bond donors (Lipinski definition) is 0. The molecule has 2 bridgehead atoms. The Morgan fingerprint density at radius 2 is 2.33 bits per heavy atom. The highest BCUT2D eigenvalue weighted by molar-refractivity contribution is 6.08. The number of esters is 1. The second-order valence-electron chi connectivity index (χ2n) is 4.84. The van der Waals surface area contributed by atoms with E-state index in [1.165, 1.54) is 0 Å². The molecular weight excluding hydrogens is 208 g/mol. The highest BCUT2D eigenvalue weighted by Gasteiger charge is 2.62. The molecule has 0 aromatic carbocycles. The topological polar surface area (TPSA) is 35.5 Å². The molecule has 81 valence electrons. The Hall–Kier alpha value is -0.353. The van der Waals surface area contributed by atoms with Gasteiger partial charge in [-0.05, 0) is 25.2 Å². The molecule has 4 heteroatoms. The molecule has 0 aromatic rings. The largest absolute Gasteiger partial charge is 0.459 e. The number of fused-ring (bicyclic) bond motifs is 1. The Bertz CT molecular complexity index is 281. The van der Waals surface area contributed by atoms with E-state index < -0.39 is 0 Å². The quantitative estimate of drug-likeness (QED) is 0.404. The summed E-state index contributed by atoms with van der Waals surface area (Å²) in [6.45, 7) is 0.774. The predicted molar refractivity (Wildman–Crippen MR) is 54.5 cm³/mol. The maximum atomic E-state index is 11.5. The summed E-state index contributed by atoms with van der Waals surface area (Å²) in [7, 11) is 3.43. The Balaban J connectivity index is 1.65. The second-order valence-corrected chi connectivity index (χ2v) is 5.34. The lowest BCUT2D eigenvalue weighted by molar-refractivity contribution is -0.147. The predicted octanol–water partition coefficient (Wildman–Crippen LogP) is 0.930. The van der Waals surface area contributed by atoms with Crippen molar-refractivity contribution in [2.24, 2.45) is 17.8 Å². The number of carbonyl (C=O) groups excluding carboxylic acids is 1. The van der Waals surface area contributed by atoms with Gasteiger partial charge in [-0.3, -0.25) is 4.79 Å². The first-order chi connectivity index (χ1) is 7.31. The van der Waals surface area contributed by atoms with E-state index >= 15 is 0 Å². The summed E-state index contributed by atoms with van der Waals surface area (Å²) >= 11 is 0. The molecule has 0 spiro atoms. The smallest absolute Gasteiger partial charge is 0.309 e. The van der Waals surface area contributed by atoms with Gasteiger partial charge in [0.1, 0.15) is 6.10 Å². The van der Waals surface area contributed by atoms with Crippen LogP contribution in [0.15, 0.2) is 0 Å². The van der Waals surface area contributed by atoms with Crippen LogP contribution >= 0.6 is 0 Å². The molecule has 3 fully saturated rings. The average Bonchev–Trinajstić information content (AvgIpc) is 2.81. The Kier molecular flexibility index (Phi) is 2.36. The van der Waals surface area contributed by atoms with Gasteiger partial charge in [-0.1, -0.05) is 6.04 Å². The summed E-state index contributed by atoms with van der Waals surface area (Å²) in [6, 6.07) is 0.966. The van der Waals surface area contributed by atoms with Crippen molar-refractivity contribution in [3.05, 3.63) is 0 Å². The van der Waals surface area contributed by atoms with Crippen LogP contribution in [0.2, 0.25) is 6.04 Å². The summed E-state index contributed by atoms with van der Waals surface area (Å²) in [4.78, 5) is 11.5. The first kappa shape index (κ1) is 9.84. The molecule has 2 saturated carbocycles. The standard InChI is InChI=1S/C11H15O3Si/c12-11-8-5-6-4-7(8)10(14-11)9(6)13-2-1-3-15/h6-10H,1-5H2. The molecule has 5 atom stereocenters. The van der Waals surface area contributed by atoms with Crippen LogP contribution in [0.3, 0.4) is 0 Å².